The summed E-state index contributed by atoms with van der Waals surface area (Å²) in [4.78, 5) is 0. The molecule has 1 aromatic heterocycles. The lowest BCUT2D eigenvalue weighted by atomic mass is 9.99. The molecule has 1 heterocycles. The van der Waals surface area contributed by atoms with Gasteiger partial charge in [-0.1, -0.05) is 37.3 Å². The van der Waals surface area contributed by atoms with Crippen LogP contribution in [0.25, 0.3) is 0 Å². The number of hydrogen-bond acceptors (Lipinski definition) is 3. The van der Waals surface area contributed by atoms with Crippen LogP contribution in [-0.4, -0.2) is 23.4 Å². The van der Waals surface area contributed by atoms with Crippen LogP contribution in [0.2, 0.25) is 0 Å². The van der Waals surface area contributed by atoms with Crippen LogP contribution in [-0.2, 0) is 11.3 Å². The second kappa shape index (κ2) is 7.96. The van der Waals surface area contributed by atoms with Crippen LogP contribution in [0.4, 0.5) is 0 Å². The molecular formula is C17H25N3O. The number of nitrogens with zero attached hydrogens (tertiary/aromatic N) is 2. The van der Waals surface area contributed by atoms with Gasteiger partial charge < -0.3 is 10.1 Å². The second-order valence-electron chi connectivity index (χ2n) is 5.07. The van der Waals surface area contributed by atoms with E-state index in [1.54, 1.807) is 7.11 Å². The lowest BCUT2D eigenvalue weighted by Gasteiger charge is -2.28. The molecule has 4 nitrogen and oxygen atoms in total. The summed E-state index contributed by atoms with van der Waals surface area (Å²) >= 11 is 0. The van der Waals surface area contributed by atoms with Crippen molar-refractivity contribution in [1.82, 2.24) is 15.1 Å². The van der Waals surface area contributed by atoms with E-state index in [1.165, 1.54) is 11.3 Å². The van der Waals surface area contributed by atoms with Gasteiger partial charge in [-0.2, -0.15) is 5.10 Å². The van der Waals surface area contributed by atoms with Gasteiger partial charge in [0, 0.05) is 19.9 Å². The summed E-state index contributed by atoms with van der Waals surface area (Å²) in [5, 5.41) is 8.01. The first kappa shape index (κ1) is 15.7. The van der Waals surface area contributed by atoms with Crippen LogP contribution >= 0.6 is 0 Å². The molecule has 21 heavy (non-hydrogen) atoms. The first-order valence-electron chi connectivity index (χ1n) is 7.64. The summed E-state index contributed by atoms with van der Waals surface area (Å²) in [7, 11) is 1.77. The number of hydrogen-bond donors (Lipinski definition) is 1. The van der Waals surface area contributed by atoms with E-state index in [0.717, 1.165) is 19.5 Å². The average molecular weight is 287 g/mol. The summed E-state index contributed by atoms with van der Waals surface area (Å²) in [5.74, 6) is 0. The number of ether oxygens (including phenoxy) is 1. The van der Waals surface area contributed by atoms with Gasteiger partial charge in [-0.3, -0.25) is 4.68 Å². The highest BCUT2D eigenvalue weighted by Gasteiger charge is 2.26. The van der Waals surface area contributed by atoms with Crippen molar-refractivity contribution in [3.8, 4) is 0 Å². The highest BCUT2D eigenvalue weighted by Crippen LogP contribution is 2.31. The molecule has 0 aliphatic carbocycles. The molecule has 2 rings (SSSR count). The highest BCUT2D eigenvalue weighted by atomic mass is 16.5. The van der Waals surface area contributed by atoms with Crippen molar-refractivity contribution in [1.29, 1.82) is 0 Å². The van der Waals surface area contributed by atoms with Crippen molar-refractivity contribution in [3.63, 3.8) is 0 Å². The molecule has 0 bridgehead atoms. The van der Waals surface area contributed by atoms with E-state index >= 15 is 0 Å². The largest absolute Gasteiger partial charge is 0.375 e. The lowest BCUT2D eigenvalue weighted by Crippen LogP contribution is -2.31. The van der Waals surface area contributed by atoms with Crippen molar-refractivity contribution in [2.45, 2.75) is 39.0 Å². The molecule has 1 aromatic carbocycles. The molecule has 0 fully saturated rings. The molecule has 114 valence electrons. The normalized spacial score (nSPS) is 14.0. The van der Waals surface area contributed by atoms with Gasteiger partial charge >= 0.3 is 0 Å². The molecule has 0 amide bonds. The maximum atomic E-state index is 5.82. The monoisotopic (exact) mass is 287 g/mol. The molecule has 0 spiro atoms. The Bertz CT molecular complexity index is 524. The fourth-order valence-corrected chi connectivity index (χ4v) is 2.65. The van der Waals surface area contributed by atoms with Gasteiger partial charge in [0.1, 0.15) is 6.10 Å². The third-order valence-corrected chi connectivity index (χ3v) is 3.67. The minimum atomic E-state index is -0.0280. The Kier molecular flexibility index (Phi) is 5.96. The van der Waals surface area contributed by atoms with Gasteiger partial charge in [0.15, 0.2) is 0 Å². The molecule has 2 atom stereocenters. The smallest absolute Gasteiger partial charge is 0.103 e. The molecule has 0 aliphatic rings. The van der Waals surface area contributed by atoms with Gasteiger partial charge in [-0.25, -0.2) is 0 Å². The Morgan fingerprint density at radius 2 is 1.95 bits per heavy atom. The fraction of sp³-hybridized carbons (Fsp3) is 0.471. The maximum Gasteiger partial charge on any atom is 0.103 e. The van der Waals surface area contributed by atoms with E-state index in [9.17, 15) is 0 Å². The number of aromatic nitrogens is 2. The molecule has 0 saturated carbocycles. The Balaban J connectivity index is 2.34. The van der Waals surface area contributed by atoms with Crippen molar-refractivity contribution in [2.75, 3.05) is 13.7 Å². The Hall–Kier alpha value is -1.65. The third kappa shape index (κ3) is 3.71. The zero-order valence-corrected chi connectivity index (χ0v) is 13.1. The Morgan fingerprint density at radius 3 is 2.57 bits per heavy atom. The first-order valence-corrected chi connectivity index (χ1v) is 7.64. The molecular weight excluding hydrogens is 262 g/mol. The van der Waals surface area contributed by atoms with Crippen LogP contribution in [0.15, 0.2) is 42.6 Å². The van der Waals surface area contributed by atoms with Gasteiger partial charge in [0.05, 0.1) is 11.7 Å². The zero-order valence-electron chi connectivity index (χ0n) is 13.1. The van der Waals surface area contributed by atoms with Gasteiger partial charge in [-0.05, 0) is 31.5 Å². The van der Waals surface area contributed by atoms with Crippen LogP contribution in [0, 0.1) is 0 Å². The van der Waals surface area contributed by atoms with Gasteiger partial charge in [-0.15, -0.1) is 0 Å². The van der Waals surface area contributed by atoms with Crippen LogP contribution < -0.4 is 5.32 Å². The molecule has 2 aromatic rings. The number of aryl methyl sites for hydroxylation is 1. The Morgan fingerprint density at radius 1 is 1.19 bits per heavy atom. The number of rotatable bonds is 8. The van der Waals surface area contributed by atoms with E-state index in [1.807, 2.05) is 16.9 Å². The first-order chi connectivity index (χ1) is 10.3. The van der Waals surface area contributed by atoms with Crippen molar-refractivity contribution in [2.24, 2.45) is 0 Å². The van der Waals surface area contributed by atoms with Gasteiger partial charge in [0.2, 0.25) is 0 Å². The van der Waals surface area contributed by atoms with E-state index in [0.29, 0.717) is 0 Å². The van der Waals surface area contributed by atoms with Gasteiger partial charge in [0.25, 0.3) is 0 Å². The zero-order chi connectivity index (χ0) is 15.1. The molecule has 4 heteroatoms. The summed E-state index contributed by atoms with van der Waals surface area (Å²) in [5.41, 5.74) is 2.35. The predicted octanol–water partition coefficient (Wildman–Crippen LogP) is 3.33. The summed E-state index contributed by atoms with van der Waals surface area (Å²) in [6.45, 7) is 6.09. The standard InChI is InChI=1S/C17H25N3O/c1-4-12-18-16(15-11-13-19-20(15)5-2)17(21-3)14-9-7-6-8-10-14/h6-11,13,16-18H,4-5,12H2,1-3H3. The molecule has 0 saturated heterocycles. The second-order valence-corrected chi connectivity index (χ2v) is 5.07. The van der Waals surface area contributed by atoms with E-state index in [2.05, 4.69) is 54.6 Å². The lowest BCUT2D eigenvalue weighted by molar-refractivity contribution is 0.0646. The number of benzene rings is 1. The molecule has 1 N–H and O–H groups in total. The molecule has 0 radical (unpaired) electrons. The number of methoxy groups -OCH3 is 1. The SMILES string of the molecule is CCCNC(c1ccnn1CC)C(OC)c1ccccc1. The van der Waals surface area contributed by atoms with Crippen molar-refractivity contribution in [3.05, 3.63) is 53.9 Å². The molecule has 2 unspecified atom stereocenters. The molecule has 0 aliphatic heterocycles. The van der Waals surface area contributed by atoms with Crippen molar-refractivity contribution < 1.29 is 4.74 Å². The minimum Gasteiger partial charge on any atom is -0.375 e. The van der Waals surface area contributed by atoms with E-state index < -0.39 is 0 Å². The fourth-order valence-electron chi connectivity index (χ4n) is 2.65. The topological polar surface area (TPSA) is 39.1 Å². The summed E-state index contributed by atoms with van der Waals surface area (Å²) < 4.78 is 7.85. The van der Waals surface area contributed by atoms with E-state index in [-0.39, 0.29) is 12.1 Å². The Labute approximate surface area is 127 Å². The van der Waals surface area contributed by atoms with E-state index in [4.69, 9.17) is 4.74 Å². The number of nitrogens with one attached hydrogen (secondary N) is 1. The predicted molar refractivity (Wildman–Crippen MR) is 85.1 cm³/mol. The average Bonchev–Trinajstić information content (AvgIpc) is 3.00. The quantitative estimate of drug-likeness (QED) is 0.809. The minimum absolute atomic E-state index is 0.0280. The maximum absolute atomic E-state index is 5.82. The van der Waals surface area contributed by atoms with Crippen LogP contribution in [0.5, 0.6) is 0 Å². The van der Waals surface area contributed by atoms with Crippen LogP contribution in [0.1, 0.15) is 43.7 Å². The third-order valence-electron chi connectivity index (χ3n) is 3.67. The summed E-state index contributed by atoms with van der Waals surface area (Å²) in [6, 6.07) is 12.5. The van der Waals surface area contributed by atoms with Crippen molar-refractivity contribution >= 4 is 0 Å². The summed E-state index contributed by atoms with van der Waals surface area (Å²) in [6.07, 6.45) is 2.92. The van der Waals surface area contributed by atoms with Crippen LogP contribution in [0.3, 0.4) is 0 Å². The highest BCUT2D eigenvalue weighted by molar-refractivity contribution is 5.22.